The molecule has 0 saturated heterocycles. The first-order valence-corrected chi connectivity index (χ1v) is 6.24. The number of nitrogens with one attached hydrogen (secondary N) is 1. The molecule has 0 bridgehead atoms. The molecule has 0 aliphatic rings. The number of para-hydroxylation sites is 1. The summed E-state index contributed by atoms with van der Waals surface area (Å²) in [6.07, 6.45) is 0. The Bertz CT molecular complexity index is 452. The molecule has 0 unspecified atom stereocenters. The maximum Gasteiger partial charge on any atom is 0.317 e. The van der Waals surface area contributed by atoms with E-state index in [-0.39, 0.29) is 19.0 Å². The van der Waals surface area contributed by atoms with E-state index in [1.807, 2.05) is 39.0 Å². The van der Waals surface area contributed by atoms with Crippen LogP contribution in [0.1, 0.15) is 18.1 Å². The number of carbonyl (C=O) groups is 2. The lowest BCUT2D eigenvalue weighted by Gasteiger charge is -2.18. The van der Waals surface area contributed by atoms with Gasteiger partial charge >= 0.3 is 5.97 Å². The summed E-state index contributed by atoms with van der Waals surface area (Å²) in [5.74, 6) is -1.12. The van der Waals surface area contributed by atoms with Crippen LogP contribution in [0.3, 0.4) is 0 Å². The van der Waals surface area contributed by atoms with E-state index in [9.17, 15) is 9.59 Å². The van der Waals surface area contributed by atoms with E-state index in [1.54, 1.807) is 4.90 Å². The molecule has 0 spiro atoms. The van der Waals surface area contributed by atoms with Crippen molar-refractivity contribution in [1.82, 2.24) is 4.90 Å². The van der Waals surface area contributed by atoms with E-state index in [0.717, 1.165) is 16.8 Å². The summed E-state index contributed by atoms with van der Waals surface area (Å²) in [7, 11) is 0. The summed E-state index contributed by atoms with van der Waals surface area (Å²) < 4.78 is 0. The SMILES string of the molecule is CCN(CC(=O)O)CC(=O)Nc1c(C)cccc1C. The minimum Gasteiger partial charge on any atom is -0.480 e. The smallest absolute Gasteiger partial charge is 0.317 e. The first-order chi connectivity index (χ1) is 8.93. The Balaban J connectivity index is 2.67. The van der Waals surface area contributed by atoms with Crippen LogP contribution < -0.4 is 5.32 Å². The van der Waals surface area contributed by atoms with Crippen LogP contribution in [0.15, 0.2) is 18.2 Å². The largest absolute Gasteiger partial charge is 0.480 e. The van der Waals surface area contributed by atoms with Crippen molar-refractivity contribution in [1.29, 1.82) is 0 Å². The molecule has 0 heterocycles. The average molecular weight is 264 g/mol. The fourth-order valence-electron chi connectivity index (χ4n) is 1.86. The lowest BCUT2D eigenvalue weighted by molar-refractivity contribution is -0.138. The molecule has 1 amide bonds. The van der Waals surface area contributed by atoms with Crippen molar-refractivity contribution in [2.24, 2.45) is 0 Å². The van der Waals surface area contributed by atoms with Gasteiger partial charge in [0.25, 0.3) is 0 Å². The van der Waals surface area contributed by atoms with Crippen LogP contribution in [0, 0.1) is 13.8 Å². The minimum atomic E-state index is -0.929. The molecule has 0 radical (unpaired) electrons. The van der Waals surface area contributed by atoms with E-state index in [1.165, 1.54) is 0 Å². The van der Waals surface area contributed by atoms with Crippen LogP contribution >= 0.6 is 0 Å². The highest BCUT2D eigenvalue weighted by molar-refractivity contribution is 5.94. The van der Waals surface area contributed by atoms with Crippen LogP contribution in [-0.4, -0.2) is 41.5 Å². The molecule has 0 aliphatic heterocycles. The van der Waals surface area contributed by atoms with Crippen molar-refractivity contribution in [3.05, 3.63) is 29.3 Å². The van der Waals surface area contributed by atoms with E-state index in [0.29, 0.717) is 6.54 Å². The van der Waals surface area contributed by atoms with Gasteiger partial charge in [0.15, 0.2) is 0 Å². The van der Waals surface area contributed by atoms with Gasteiger partial charge in [0, 0.05) is 5.69 Å². The number of carbonyl (C=O) groups excluding carboxylic acids is 1. The summed E-state index contributed by atoms with van der Waals surface area (Å²) in [6.45, 7) is 6.16. The normalized spacial score (nSPS) is 10.5. The topological polar surface area (TPSA) is 69.6 Å². The van der Waals surface area contributed by atoms with Crippen molar-refractivity contribution < 1.29 is 14.7 Å². The predicted molar refractivity (Wildman–Crippen MR) is 74.3 cm³/mol. The van der Waals surface area contributed by atoms with Crippen LogP contribution in [-0.2, 0) is 9.59 Å². The predicted octanol–water partition coefficient (Wildman–Crippen LogP) is 1.65. The molecule has 1 aromatic carbocycles. The summed E-state index contributed by atoms with van der Waals surface area (Å²) in [5, 5.41) is 11.6. The van der Waals surface area contributed by atoms with Crippen LogP contribution in [0.5, 0.6) is 0 Å². The lowest BCUT2D eigenvalue weighted by Crippen LogP contribution is -2.36. The fourth-order valence-corrected chi connectivity index (χ4v) is 1.86. The molecule has 0 fully saturated rings. The summed E-state index contributed by atoms with van der Waals surface area (Å²) in [4.78, 5) is 24.1. The molecule has 0 atom stereocenters. The molecule has 5 nitrogen and oxygen atoms in total. The van der Waals surface area contributed by atoms with Gasteiger partial charge in [-0.2, -0.15) is 0 Å². The molecule has 0 aliphatic carbocycles. The van der Waals surface area contributed by atoms with Crippen molar-refractivity contribution >= 4 is 17.6 Å². The Morgan fingerprint density at radius 1 is 1.21 bits per heavy atom. The van der Waals surface area contributed by atoms with Gasteiger partial charge in [0.2, 0.25) is 5.91 Å². The van der Waals surface area contributed by atoms with Gasteiger partial charge < -0.3 is 10.4 Å². The number of hydrogen-bond acceptors (Lipinski definition) is 3. The number of rotatable bonds is 6. The van der Waals surface area contributed by atoms with Crippen molar-refractivity contribution in [2.75, 3.05) is 25.0 Å². The van der Waals surface area contributed by atoms with Gasteiger partial charge in [0.1, 0.15) is 0 Å². The Labute approximate surface area is 113 Å². The molecule has 1 rings (SSSR count). The quantitative estimate of drug-likeness (QED) is 0.819. The fraction of sp³-hybridized carbons (Fsp3) is 0.429. The van der Waals surface area contributed by atoms with Crippen LogP contribution in [0.25, 0.3) is 0 Å². The number of nitrogens with zero attached hydrogens (tertiary/aromatic N) is 1. The number of aryl methyl sites for hydroxylation is 2. The Kier molecular flexibility index (Phi) is 5.51. The first kappa shape index (κ1) is 15.2. The lowest BCUT2D eigenvalue weighted by atomic mass is 10.1. The maximum absolute atomic E-state index is 11.9. The molecule has 0 saturated carbocycles. The van der Waals surface area contributed by atoms with Crippen LogP contribution in [0.4, 0.5) is 5.69 Å². The number of hydrogen-bond donors (Lipinski definition) is 2. The van der Waals surface area contributed by atoms with Gasteiger partial charge in [-0.25, -0.2) is 0 Å². The number of amides is 1. The summed E-state index contributed by atoms with van der Waals surface area (Å²) in [6, 6.07) is 5.79. The number of aliphatic carboxylic acids is 1. The van der Waals surface area contributed by atoms with E-state index in [2.05, 4.69) is 5.32 Å². The number of anilines is 1. The summed E-state index contributed by atoms with van der Waals surface area (Å²) in [5.41, 5.74) is 2.79. The van der Waals surface area contributed by atoms with Gasteiger partial charge in [-0.1, -0.05) is 25.1 Å². The van der Waals surface area contributed by atoms with Gasteiger partial charge in [-0.05, 0) is 31.5 Å². The molecule has 5 heteroatoms. The highest BCUT2D eigenvalue weighted by Gasteiger charge is 2.13. The standard InChI is InChI=1S/C14H20N2O3/c1-4-16(9-13(18)19)8-12(17)15-14-10(2)6-5-7-11(14)3/h5-7H,4,8-9H2,1-3H3,(H,15,17)(H,18,19). The van der Waals surface area contributed by atoms with E-state index in [4.69, 9.17) is 5.11 Å². The zero-order chi connectivity index (χ0) is 14.4. The molecular weight excluding hydrogens is 244 g/mol. The van der Waals surface area contributed by atoms with Gasteiger partial charge in [-0.15, -0.1) is 0 Å². The minimum absolute atomic E-state index is 0.0799. The second-order valence-electron chi connectivity index (χ2n) is 4.51. The third-order valence-corrected chi connectivity index (χ3v) is 2.92. The van der Waals surface area contributed by atoms with E-state index < -0.39 is 5.97 Å². The Morgan fingerprint density at radius 2 is 1.79 bits per heavy atom. The Hall–Kier alpha value is -1.88. The van der Waals surface area contributed by atoms with Crippen molar-refractivity contribution in [2.45, 2.75) is 20.8 Å². The molecule has 1 aromatic rings. The summed E-state index contributed by atoms with van der Waals surface area (Å²) >= 11 is 0. The second-order valence-corrected chi connectivity index (χ2v) is 4.51. The van der Waals surface area contributed by atoms with Crippen molar-refractivity contribution in [3.8, 4) is 0 Å². The highest BCUT2D eigenvalue weighted by atomic mass is 16.4. The van der Waals surface area contributed by atoms with Gasteiger partial charge in [0.05, 0.1) is 13.1 Å². The number of carboxylic acid groups (broad SMARTS) is 1. The molecule has 104 valence electrons. The average Bonchev–Trinajstić information content (AvgIpc) is 2.32. The second kappa shape index (κ2) is 6.89. The molecular formula is C14H20N2O3. The van der Waals surface area contributed by atoms with Crippen molar-refractivity contribution in [3.63, 3.8) is 0 Å². The monoisotopic (exact) mass is 264 g/mol. The van der Waals surface area contributed by atoms with Crippen LogP contribution in [0.2, 0.25) is 0 Å². The maximum atomic E-state index is 11.9. The third-order valence-electron chi connectivity index (χ3n) is 2.92. The molecule has 19 heavy (non-hydrogen) atoms. The number of benzene rings is 1. The zero-order valence-electron chi connectivity index (χ0n) is 11.6. The number of likely N-dealkylation sites (N-methyl/N-ethyl adjacent to an activating group) is 1. The zero-order valence-corrected chi connectivity index (χ0v) is 11.6. The highest BCUT2D eigenvalue weighted by Crippen LogP contribution is 2.19. The molecule has 0 aromatic heterocycles. The Morgan fingerprint density at radius 3 is 2.26 bits per heavy atom. The molecule has 2 N–H and O–H groups in total. The van der Waals surface area contributed by atoms with Gasteiger partial charge in [-0.3, -0.25) is 14.5 Å². The van der Waals surface area contributed by atoms with E-state index >= 15 is 0 Å². The third kappa shape index (κ3) is 4.71. The first-order valence-electron chi connectivity index (χ1n) is 6.24. The number of carboxylic acids is 1.